The highest BCUT2D eigenvalue weighted by atomic mass is 16.8. The van der Waals surface area contributed by atoms with Crippen molar-refractivity contribution in [2.75, 3.05) is 6.61 Å². The van der Waals surface area contributed by atoms with E-state index in [0.29, 0.717) is 13.0 Å². The standard InChI is InChI=1S/C4H8O3/c5-4(6)2-1-3-7-4/h5-6H,1-3H2. The minimum atomic E-state index is -1.81. The Balaban J connectivity index is 2.40. The van der Waals surface area contributed by atoms with Gasteiger partial charge in [-0.1, -0.05) is 0 Å². The fraction of sp³-hybridized carbons (Fsp3) is 1.00. The molecule has 1 heterocycles. The molecule has 0 unspecified atom stereocenters. The van der Waals surface area contributed by atoms with E-state index in [2.05, 4.69) is 4.74 Å². The maximum atomic E-state index is 8.53. The topological polar surface area (TPSA) is 49.7 Å². The number of rotatable bonds is 0. The number of hydrogen-bond acceptors (Lipinski definition) is 3. The van der Waals surface area contributed by atoms with E-state index in [1.54, 1.807) is 0 Å². The molecule has 3 nitrogen and oxygen atoms in total. The summed E-state index contributed by atoms with van der Waals surface area (Å²) in [6, 6.07) is 0. The van der Waals surface area contributed by atoms with Gasteiger partial charge < -0.3 is 14.9 Å². The van der Waals surface area contributed by atoms with Crippen LogP contribution in [0.5, 0.6) is 0 Å². The fourth-order valence-electron chi connectivity index (χ4n) is 0.610. The fourth-order valence-corrected chi connectivity index (χ4v) is 0.610. The van der Waals surface area contributed by atoms with E-state index in [0.717, 1.165) is 6.42 Å². The summed E-state index contributed by atoms with van der Waals surface area (Å²) >= 11 is 0. The Bertz CT molecular complexity index is 61.3. The molecule has 1 aliphatic rings. The van der Waals surface area contributed by atoms with Gasteiger partial charge in [0.15, 0.2) is 0 Å². The summed E-state index contributed by atoms with van der Waals surface area (Å²) in [5, 5.41) is 17.1. The van der Waals surface area contributed by atoms with E-state index in [9.17, 15) is 0 Å². The van der Waals surface area contributed by atoms with E-state index in [4.69, 9.17) is 10.2 Å². The Morgan fingerprint density at radius 1 is 1.43 bits per heavy atom. The number of aliphatic hydroxyl groups is 2. The maximum Gasteiger partial charge on any atom is 0.277 e. The maximum absolute atomic E-state index is 8.53. The van der Waals surface area contributed by atoms with E-state index in [1.807, 2.05) is 0 Å². The molecule has 42 valence electrons. The largest absolute Gasteiger partial charge is 0.343 e. The second-order valence-electron chi connectivity index (χ2n) is 1.70. The minimum Gasteiger partial charge on any atom is -0.343 e. The molecule has 0 saturated carbocycles. The van der Waals surface area contributed by atoms with Crippen molar-refractivity contribution < 1.29 is 14.9 Å². The van der Waals surface area contributed by atoms with Gasteiger partial charge in [-0.2, -0.15) is 0 Å². The summed E-state index contributed by atoms with van der Waals surface area (Å²) in [5.41, 5.74) is 0. The minimum absolute atomic E-state index is 0.340. The molecule has 0 aromatic heterocycles. The van der Waals surface area contributed by atoms with Crippen molar-refractivity contribution in [1.82, 2.24) is 0 Å². The summed E-state index contributed by atoms with van der Waals surface area (Å²) in [4.78, 5) is 0. The number of ether oxygens (including phenoxy) is 1. The Morgan fingerprint density at radius 2 is 2.14 bits per heavy atom. The van der Waals surface area contributed by atoms with Crippen LogP contribution in [0.4, 0.5) is 0 Å². The molecule has 0 bridgehead atoms. The van der Waals surface area contributed by atoms with Crippen LogP contribution in [0.3, 0.4) is 0 Å². The Hall–Kier alpha value is -0.120. The van der Waals surface area contributed by atoms with Gasteiger partial charge >= 0.3 is 0 Å². The third-order valence-corrected chi connectivity index (χ3v) is 0.980. The smallest absolute Gasteiger partial charge is 0.277 e. The summed E-state index contributed by atoms with van der Waals surface area (Å²) in [7, 11) is 0. The highest BCUT2D eigenvalue weighted by Gasteiger charge is 2.28. The Labute approximate surface area is 41.5 Å². The van der Waals surface area contributed by atoms with Crippen LogP contribution in [0.25, 0.3) is 0 Å². The summed E-state index contributed by atoms with van der Waals surface area (Å²) in [6.07, 6.45) is 1.08. The molecule has 0 aliphatic carbocycles. The van der Waals surface area contributed by atoms with E-state index < -0.39 is 5.97 Å². The predicted octanol–water partition coefficient (Wildman–Crippen LogP) is -0.565. The van der Waals surface area contributed by atoms with Crippen molar-refractivity contribution in [2.45, 2.75) is 18.8 Å². The lowest BCUT2D eigenvalue weighted by atomic mass is 10.3. The molecule has 0 atom stereocenters. The van der Waals surface area contributed by atoms with E-state index >= 15 is 0 Å². The van der Waals surface area contributed by atoms with Gasteiger partial charge in [0.2, 0.25) is 0 Å². The van der Waals surface area contributed by atoms with Gasteiger partial charge in [0, 0.05) is 6.42 Å². The average Bonchev–Trinajstić information content (AvgIpc) is 1.84. The van der Waals surface area contributed by atoms with Crippen LogP contribution in [0, 0.1) is 0 Å². The highest BCUT2D eigenvalue weighted by Crippen LogP contribution is 2.17. The first kappa shape index (κ1) is 5.03. The molecular weight excluding hydrogens is 96.0 g/mol. The zero-order valence-electron chi connectivity index (χ0n) is 3.92. The average molecular weight is 104 g/mol. The van der Waals surface area contributed by atoms with Gasteiger partial charge in [-0.3, -0.25) is 0 Å². The highest BCUT2D eigenvalue weighted by molar-refractivity contribution is 4.57. The zero-order valence-corrected chi connectivity index (χ0v) is 3.92. The van der Waals surface area contributed by atoms with Gasteiger partial charge in [0.05, 0.1) is 6.61 Å². The third-order valence-electron chi connectivity index (χ3n) is 0.980. The van der Waals surface area contributed by atoms with Crippen LogP contribution in [0.2, 0.25) is 0 Å². The molecule has 1 aliphatic heterocycles. The lowest BCUT2D eigenvalue weighted by Crippen LogP contribution is -2.25. The predicted molar refractivity (Wildman–Crippen MR) is 22.4 cm³/mol. The molecule has 1 fully saturated rings. The molecule has 0 spiro atoms. The van der Waals surface area contributed by atoms with Gasteiger partial charge in [-0.05, 0) is 6.42 Å². The SMILES string of the molecule is OC1(O)CCCO1. The zero-order chi connectivity index (χ0) is 5.33. The van der Waals surface area contributed by atoms with Crippen LogP contribution in [0.15, 0.2) is 0 Å². The van der Waals surface area contributed by atoms with Crippen LogP contribution in [-0.4, -0.2) is 22.8 Å². The molecule has 1 rings (SSSR count). The first-order valence-electron chi connectivity index (χ1n) is 2.29. The van der Waals surface area contributed by atoms with Gasteiger partial charge in [0.25, 0.3) is 5.97 Å². The third kappa shape index (κ3) is 1.12. The molecule has 0 aromatic rings. The lowest BCUT2D eigenvalue weighted by Gasteiger charge is -2.10. The molecule has 0 amide bonds. The quantitative estimate of drug-likeness (QED) is 0.405. The second kappa shape index (κ2) is 1.43. The van der Waals surface area contributed by atoms with Crippen LogP contribution in [-0.2, 0) is 4.74 Å². The molecule has 3 heteroatoms. The normalized spacial score (nSPS) is 28.3. The Kier molecular flexibility index (Phi) is 1.03. The van der Waals surface area contributed by atoms with Crippen molar-refractivity contribution in [3.63, 3.8) is 0 Å². The molecular formula is C4H8O3. The van der Waals surface area contributed by atoms with Crippen molar-refractivity contribution in [1.29, 1.82) is 0 Å². The molecule has 1 saturated heterocycles. The number of hydrogen-bond donors (Lipinski definition) is 2. The first-order chi connectivity index (χ1) is 3.21. The van der Waals surface area contributed by atoms with Crippen LogP contribution >= 0.6 is 0 Å². The molecule has 0 radical (unpaired) electrons. The van der Waals surface area contributed by atoms with Gasteiger partial charge in [-0.15, -0.1) is 0 Å². The Morgan fingerprint density at radius 3 is 2.29 bits per heavy atom. The van der Waals surface area contributed by atoms with Crippen molar-refractivity contribution >= 4 is 0 Å². The molecule has 0 aromatic carbocycles. The van der Waals surface area contributed by atoms with Crippen LogP contribution < -0.4 is 0 Å². The summed E-state index contributed by atoms with van der Waals surface area (Å²) in [5.74, 6) is -1.81. The van der Waals surface area contributed by atoms with E-state index in [-0.39, 0.29) is 0 Å². The van der Waals surface area contributed by atoms with Gasteiger partial charge in [0.1, 0.15) is 0 Å². The van der Waals surface area contributed by atoms with Gasteiger partial charge in [-0.25, -0.2) is 0 Å². The second-order valence-corrected chi connectivity index (χ2v) is 1.70. The lowest BCUT2D eigenvalue weighted by molar-refractivity contribution is -0.313. The summed E-state index contributed by atoms with van der Waals surface area (Å²) in [6.45, 7) is 0.465. The van der Waals surface area contributed by atoms with Crippen LogP contribution in [0.1, 0.15) is 12.8 Å². The molecule has 2 N–H and O–H groups in total. The van der Waals surface area contributed by atoms with Crippen molar-refractivity contribution in [3.8, 4) is 0 Å². The van der Waals surface area contributed by atoms with Crippen molar-refractivity contribution in [2.24, 2.45) is 0 Å². The molecule has 7 heavy (non-hydrogen) atoms. The van der Waals surface area contributed by atoms with E-state index in [1.165, 1.54) is 0 Å². The summed E-state index contributed by atoms with van der Waals surface area (Å²) < 4.78 is 4.45. The monoisotopic (exact) mass is 104 g/mol. The first-order valence-corrected chi connectivity index (χ1v) is 2.29. The van der Waals surface area contributed by atoms with Crippen molar-refractivity contribution in [3.05, 3.63) is 0 Å².